The average molecular weight is 354 g/mol. The summed E-state index contributed by atoms with van der Waals surface area (Å²) in [6.07, 6.45) is 9.10. The van der Waals surface area contributed by atoms with Crippen molar-refractivity contribution in [1.29, 1.82) is 0 Å². The largest absolute Gasteiger partial charge is 0.370 e. The van der Waals surface area contributed by atoms with Crippen molar-refractivity contribution in [2.24, 2.45) is 0 Å². The first-order valence-corrected chi connectivity index (χ1v) is 9.45. The van der Waals surface area contributed by atoms with Gasteiger partial charge in [-0.2, -0.15) is 4.98 Å². The number of hydrogen-bond acceptors (Lipinski definition) is 4. The third kappa shape index (κ3) is 5.55. The van der Waals surface area contributed by atoms with Gasteiger partial charge < -0.3 is 10.6 Å². The van der Waals surface area contributed by atoms with Gasteiger partial charge in [0, 0.05) is 24.8 Å². The summed E-state index contributed by atoms with van der Waals surface area (Å²) in [4.78, 5) is 8.98. The fourth-order valence-corrected chi connectivity index (χ4v) is 3.23. The van der Waals surface area contributed by atoms with Crippen LogP contribution >= 0.6 is 0 Å². The third-order valence-electron chi connectivity index (χ3n) is 4.63. The molecule has 26 heavy (non-hydrogen) atoms. The summed E-state index contributed by atoms with van der Waals surface area (Å²) in [6.45, 7) is 3.44. The van der Waals surface area contributed by atoms with Crippen LogP contribution in [-0.2, 0) is 6.42 Å². The molecule has 0 radical (unpaired) electrons. The second kappa shape index (κ2) is 9.32. The Morgan fingerprint density at radius 2 is 1.88 bits per heavy atom. The molecule has 0 spiro atoms. The molecule has 0 unspecified atom stereocenters. The summed E-state index contributed by atoms with van der Waals surface area (Å²) in [5, 5.41) is 6.60. The second-order valence-electron chi connectivity index (χ2n) is 6.77. The predicted octanol–water partition coefficient (Wildman–Crippen LogP) is 4.88. The minimum atomic E-state index is -0.160. The Balaban J connectivity index is 1.50. The third-order valence-corrected chi connectivity index (χ3v) is 4.63. The number of hydrogen-bond donors (Lipinski definition) is 2. The second-order valence-corrected chi connectivity index (χ2v) is 6.77. The maximum atomic E-state index is 13.7. The molecule has 1 aromatic heterocycles. The molecular weight excluding hydrogens is 327 g/mol. The molecule has 0 saturated heterocycles. The van der Waals surface area contributed by atoms with Gasteiger partial charge in [-0.3, -0.25) is 0 Å². The molecule has 5 heteroatoms. The highest BCUT2D eigenvalue weighted by Gasteiger charge is 2.06. The Bertz CT molecular complexity index is 757. The normalized spacial score (nSPS) is 14.0. The van der Waals surface area contributed by atoms with Crippen molar-refractivity contribution in [1.82, 2.24) is 9.97 Å². The van der Waals surface area contributed by atoms with Gasteiger partial charge in [0.05, 0.1) is 0 Å². The highest BCUT2D eigenvalue weighted by molar-refractivity contribution is 5.42. The molecular formula is C21H27FN4. The van der Waals surface area contributed by atoms with Crippen molar-refractivity contribution >= 4 is 11.8 Å². The van der Waals surface area contributed by atoms with Crippen LogP contribution in [0.1, 0.15) is 43.4 Å². The SMILES string of the molecule is Cc1cc(NCCc2ccccc2F)nc(NCCC2=CCCCC2)n1. The minimum absolute atomic E-state index is 0.160. The number of aryl methyl sites for hydroxylation is 1. The lowest BCUT2D eigenvalue weighted by atomic mass is 9.97. The van der Waals surface area contributed by atoms with Crippen molar-refractivity contribution in [3.63, 3.8) is 0 Å². The van der Waals surface area contributed by atoms with Crippen LogP contribution in [0.5, 0.6) is 0 Å². The first kappa shape index (κ1) is 18.4. The molecule has 4 nitrogen and oxygen atoms in total. The van der Waals surface area contributed by atoms with E-state index in [0.29, 0.717) is 24.5 Å². The Morgan fingerprint density at radius 1 is 1.04 bits per heavy atom. The van der Waals surface area contributed by atoms with Gasteiger partial charge in [0.2, 0.25) is 5.95 Å². The summed E-state index contributed by atoms with van der Waals surface area (Å²) in [7, 11) is 0. The fourth-order valence-electron chi connectivity index (χ4n) is 3.23. The lowest BCUT2D eigenvalue weighted by Crippen LogP contribution is -2.11. The summed E-state index contributed by atoms with van der Waals surface area (Å²) < 4.78 is 13.7. The molecule has 0 atom stereocenters. The van der Waals surface area contributed by atoms with Crippen molar-refractivity contribution < 1.29 is 4.39 Å². The smallest absolute Gasteiger partial charge is 0.224 e. The Kier molecular flexibility index (Phi) is 6.58. The van der Waals surface area contributed by atoms with E-state index >= 15 is 0 Å². The number of halogens is 1. The molecule has 0 fully saturated rings. The highest BCUT2D eigenvalue weighted by atomic mass is 19.1. The number of rotatable bonds is 8. The van der Waals surface area contributed by atoms with Crippen molar-refractivity contribution in [2.45, 2.75) is 45.4 Å². The van der Waals surface area contributed by atoms with E-state index < -0.39 is 0 Å². The highest BCUT2D eigenvalue weighted by Crippen LogP contribution is 2.20. The standard InChI is InChI=1S/C21H27FN4/c1-16-15-20(23-14-12-18-9-5-6-10-19(18)22)26-21(25-16)24-13-11-17-7-3-2-4-8-17/h5-7,9-10,15H,2-4,8,11-14H2,1H3,(H2,23,24,25,26). The van der Waals surface area contributed by atoms with Gasteiger partial charge >= 0.3 is 0 Å². The van der Waals surface area contributed by atoms with E-state index in [9.17, 15) is 4.39 Å². The first-order valence-electron chi connectivity index (χ1n) is 9.45. The molecule has 0 saturated carbocycles. The van der Waals surface area contributed by atoms with E-state index in [-0.39, 0.29) is 5.82 Å². The molecule has 138 valence electrons. The Morgan fingerprint density at radius 3 is 2.69 bits per heavy atom. The Labute approximate surface area is 155 Å². The maximum Gasteiger partial charge on any atom is 0.224 e. The van der Waals surface area contributed by atoms with Crippen LogP contribution in [0.3, 0.4) is 0 Å². The fraction of sp³-hybridized carbons (Fsp3) is 0.429. The summed E-state index contributed by atoms with van der Waals surface area (Å²) in [6, 6.07) is 8.79. The topological polar surface area (TPSA) is 49.8 Å². The molecule has 1 aliphatic carbocycles. The van der Waals surface area contributed by atoms with Gasteiger partial charge in [0.15, 0.2) is 0 Å². The lowest BCUT2D eigenvalue weighted by Gasteiger charge is -2.13. The van der Waals surface area contributed by atoms with E-state index in [1.165, 1.54) is 31.7 Å². The van der Waals surface area contributed by atoms with Crippen molar-refractivity contribution in [3.05, 3.63) is 59.1 Å². The van der Waals surface area contributed by atoms with E-state index in [1.54, 1.807) is 11.6 Å². The number of aromatic nitrogens is 2. The zero-order chi connectivity index (χ0) is 18.2. The first-order chi connectivity index (χ1) is 12.7. The summed E-state index contributed by atoms with van der Waals surface area (Å²) >= 11 is 0. The lowest BCUT2D eigenvalue weighted by molar-refractivity contribution is 0.610. The van der Waals surface area contributed by atoms with Crippen molar-refractivity contribution in [3.8, 4) is 0 Å². The number of nitrogens with zero attached hydrogens (tertiary/aromatic N) is 2. The summed E-state index contributed by atoms with van der Waals surface area (Å²) in [5.74, 6) is 1.26. The number of allylic oxidation sites excluding steroid dienone is 1. The van der Waals surface area contributed by atoms with E-state index in [4.69, 9.17) is 0 Å². The van der Waals surface area contributed by atoms with Crippen LogP contribution in [0.4, 0.5) is 16.2 Å². The molecule has 0 amide bonds. The number of anilines is 2. The van der Waals surface area contributed by atoms with E-state index in [1.807, 2.05) is 25.1 Å². The van der Waals surface area contributed by atoms with Gasteiger partial charge in [0.25, 0.3) is 0 Å². The van der Waals surface area contributed by atoms with E-state index in [0.717, 1.165) is 24.5 Å². The minimum Gasteiger partial charge on any atom is -0.370 e. The molecule has 0 bridgehead atoms. The monoisotopic (exact) mass is 354 g/mol. The van der Waals surface area contributed by atoms with Crippen LogP contribution in [0.15, 0.2) is 42.0 Å². The van der Waals surface area contributed by atoms with Gasteiger partial charge in [0.1, 0.15) is 11.6 Å². The Hall–Kier alpha value is -2.43. The molecule has 1 aliphatic rings. The van der Waals surface area contributed by atoms with Crippen LogP contribution in [-0.4, -0.2) is 23.1 Å². The van der Waals surface area contributed by atoms with Crippen LogP contribution in [0, 0.1) is 12.7 Å². The predicted molar refractivity (Wildman–Crippen MR) is 105 cm³/mol. The molecule has 1 heterocycles. The molecule has 1 aromatic carbocycles. The van der Waals surface area contributed by atoms with Gasteiger partial charge in [-0.05, 0) is 57.1 Å². The van der Waals surface area contributed by atoms with Crippen LogP contribution in [0.2, 0.25) is 0 Å². The molecule has 0 aliphatic heterocycles. The zero-order valence-electron chi connectivity index (χ0n) is 15.4. The van der Waals surface area contributed by atoms with Gasteiger partial charge in [-0.1, -0.05) is 29.8 Å². The van der Waals surface area contributed by atoms with Crippen molar-refractivity contribution in [2.75, 3.05) is 23.7 Å². The maximum absolute atomic E-state index is 13.7. The molecule has 3 rings (SSSR count). The zero-order valence-corrected chi connectivity index (χ0v) is 15.4. The van der Waals surface area contributed by atoms with Crippen LogP contribution in [0.25, 0.3) is 0 Å². The van der Waals surface area contributed by atoms with Gasteiger partial charge in [-0.15, -0.1) is 0 Å². The summed E-state index contributed by atoms with van der Waals surface area (Å²) in [5.41, 5.74) is 3.16. The van der Waals surface area contributed by atoms with E-state index in [2.05, 4.69) is 26.7 Å². The average Bonchev–Trinajstić information content (AvgIpc) is 2.64. The quantitative estimate of drug-likeness (QED) is 0.663. The molecule has 2 aromatic rings. The van der Waals surface area contributed by atoms with Gasteiger partial charge in [-0.25, -0.2) is 9.37 Å². The number of benzene rings is 1. The molecule has 2 N–H and O–H groups in total. The van der Waals surface area contributed by atoms with Crippen LogP contribution < -0.4 is 10.6 Å². The number of nitrogens with one attached hydrogen (secondary N) is 2.